The van der Waals surface area contributed by atoms with E-state index in [4.69, 9.17) is 5.73 Å². The van der Waals surface area contributed by atoms with Gasteiger partial charge in [-0.3, -0.25) is 14.5 Å². The highest BCUT2D eigenvalue weighted by Crippen LogP contribution is 2.22. The van der Waals surface area contributed by atoms with E-state index in [1.54, 1.807) is 0 Å². The van der Waals surface area contributed by atoms with Crippen molar-refractivity contribution in [3.63, 3.8) is 0 Å². The van der Waals surface area contributed by atoms with Gasteiger partial charge in [0.05, 0.1) is 17.0 Å². The summed E-state index contributed by atoms with van der Waals surface area (Å²) >= 11 is 0. The van der Waals surface area contributed by atoms with Gasteiger partial charge >= 0.3 is 0 Å². The van der Waals surface area contributed by atoms with Crippen molar-refractivity contribution >= 4 is 27.5 Å². The van der Waals surface area contributed by atoms with Gasteiger partial charge < -0.3 is 5.73 Å². The molecule has 2 amide bonds. The Morgan fingerprint density at radius 1 is 1.38 bits per heavy atom. The number of sulfonamides is 1. The Hall–Kier alpha value is -2.00. The minimum atomic E-state index is -4.08. The van der Waals surface area contributed by atoms with Gasteiger partial charge in [0.25, 0.3) is 0 Å². The number of nitrogens with zero attached hydrogens (tertiary/aromatic N) is 1. The monoisotopic (exact) mass is 315 g/mol. The van der Waals surface area contributed by atoms with Gasteiger partial charge in [0.2, 0.25) is 21.8 Å². The van der Waals surface area contributed by atoms with Crippen molar-refractivity contribution < 1.29 is 22.4 Å². The Morgan fingerprint density at radius 3 is 2.48 bits per heavy atom. The topological polar surface area (TPSA) is 110 Å². The van der Waals surface area contributed by atoms with E-state index in [-0.39, 0.29) is 22.6 Å². The molecule has 1 heterocycles. The molecular formula is C12H14FN3O4S. The second kappa shape index (κ2) is 5.08. The van der Waals surface area contributed by atoms with Crippen LogP contribution in [0.3, 0.4) is 0 Å². The molecule has 7 nitrogen and oxygen atoms in total. The average Bonchev–Trinajstić information content (AvgIpc) is 2.62. The molecule has 114 valence electrons. The number of imide groups is 1. The van der Waals surface area contributed by atoms with E-state index in [0.29, 0.717) is 0 Å². The first-order valence-corrected chi connectivity index (χ1v) is 7.50. The summed E-state index contributed by atoms with van der Waals surface area (Å²) in [6.45, 7) is 1.38. The number of nitrogens with one attached hydrogen (secondary N) is 1. The van der Waals surface area contributed by atoms with Gasteiger partial charge in [-0.25, -0.2) is 12.8 Å². The highest BCUT2D eigenvalue weighted by Gasteiger charge is 2.38. The third-order valence-corrected chi connectivity index (χ3v) is 4.70. The van der Waals surface area contributed by atoms with Crippen LogP contribution in [0.25, 0.3) is 0 Å². The van der Waals surface area contributed by atoms with Crippen molar-refractivity contribution in [2.45, 2.75) is 24.3 Å². The van der Waals surface area contributed by atoms with Crippen molar-refractivity contribution in [2.24, 2.45) is 0 Å². The van der Waals surface area contributed by atoms with Crippen LogP contribution in [0, 0.1) is 12.7 Å². The van der Waals surface area contributed by atoms with E-state index in [1.807, 2.05) is 0 Å². The van der Waals surface area contributed by atoms with Gasteiger partial charge in [0.1, 0.15) is 11.9 Å². The Morgan fingerprint density at radius 2 is 2.00 bits per heavy atom. The van der Waals surface area contributed by atoms with Crippen LogP contribution in [-0.2, 0) is 19.6 Å². The SMILES string of the molecule is Cc1cc(S(=O)(=O)NC2CC(=O)N(C)C2=O)cc(N)c1F. The molecular weight excluding hydrogens is 301 g/mol. The molecule has 1 aromatic rings. The number of likely N-dealkylation sites (tertiary alicyclic amines) is 1. The number of carbonyl (C=O) groups excluding carboxylic acids is 2. The van der Waals surface area contributed by atoms with Crippen LogP contribution in [0.4, 0.5) is 10.1 Å². The third-order valence-electron chi connectivity index (χ3n) is 3.25. The van der Waals surface area contributed by atoms with Gasteiger partial charge in [-0.05, 0) is 24.6 Å². The van der Waals surface area contributed by atoms with Gasteiger partial charge in [-0.1, -0.05) is 0 Å². The number of rotatable bonds is 3. The summed E-state index contributed by atoms with van der Waals surface area (Å²) < 4.78 is 39.9. The molecule has 1 aromatic carbocycles. The lowest BCUT2D eigenvalue weighted by Crippen LogP contribution is -2.40. The van der Waals surface area contributed by atoms with Crippen molar-refractivity contribution in [1.29, 1.82) is 0 Å². The van der Waals surface area contributed by atoms with Crippen LogP contribution in [0.15, 0.2) is 17.0 Å². The number of hydrogen-bond donors (Lipinski definition) is 2. The zero-order valence-corrected chi connectivity index (χ0v) is 12.2. The molecule has 0 spiro atoms. The molecule has 1 fully saturated rings. The fourth-order valence-corrected chi connectivity index (χ4v) is 3.33. The number of nitrogen functional groups attached to an aromatic ring is 1. The smallest absolute Gasteiger partial charge is 0.247 e. The average molecular weight is 315 g/mol. The lowest BCUT2D eigenvalue weighted by atomic mass is 10.2. The maximum absolute atomic E-state index is 13.4. The number of halogens is 1. The molecule has 1 atom stereocenters. The molecule has 1 saturated heterocycles. The zero-order valence-electron chi connectivity index (χ0n) is 11.4. The van der Waals surface area contributed by atoms with E-state index < -0.39 is 33.7 Å². The lowest BCUT2D eigenvalue weighted by molar-refractivity contribution is -0.137. The quantitative estimate of drug-likeness (QED) is 0.590. The minimum absolute atomic E-state index is 0.0707. The highest BCUT2D eigenvalue weighted by atomic mass is 32.2. The van der Waals surface area contributed by atoms with E-state index >= 15 is 0 Å². The van der Waals surface area contributed by atoms with E-state index in [0.717, 1.165) is 17.0 Å². The van der Waals surface area contributed by atoms with Crippen molar-refractivity contribution in [2.75, 3.05) is 12.8 Å². The predicted molar refractivity (Wildman–Crippen MR) is 72.1 cm³/mol. The Kier molecular flexibility index (Phi) is 3.72. The largest absolute Gasteiger partial charge is 0.396 e. The summed E-state index contributed by atoms with van der Waals surface area (Å²) in [6.07, 6.45) is -0.246. The Balaban J connectivity index is 2.32. The number of aryl methyl sites for hydroxylation is 1. The molecule has 1 aliphatic heterocycles. The van der Waals surface area contributed by atoms with E-state index in [9.17, 15) is 22.4 Å². The highest BCUT2D eigenvalue weighted by molar-refractivity contribution is 7.89. The molecule has 2 rings (SSSR count). The number of likely N-dealkylation sites (N-methyl/N-ethyl adjacent to an activating group) is 1. The van der Waals surface area contributed by atoms with Crippen LogP contribution >= 0.6 is 0 Å². The summed E-state index contributed by atoms with van der Waals surface area (Å²) in [7, 11) is -2.80. The maximum Gasteiger partial charge on any atom is 0.247 e. The molecule has 21 heavy (non-hydrogen) atoms. The van der Waals surface area contributed by atoms with Crippen molar-refractivity contribution in [3.05, 3.63) is 23.5 Å². The number of carbonyl (C=O) groups is 2. The Bertz CT molecular complexity index is 709. The second-order valence-corrected chi connectivity index (χ2v) is 6.53. The summed E-state index contributed by atoms with van der Waals surface area (Å²) in [4.78, 5) is 23.7. The lowest BCUT2D eigenvalue weighted by Gasteiger charge is -2.13. The normalized spacial score (nSPS) is 19.4. The van der Waals surface area contributed by atoms with Crippen LogP contribution in [-0.4, -0.2) is 38.2 Å². The summed E-state index contributed by atoms with van der Waals surface area (Å²) in [6, 6.07) is 0.924. The van der Waals surface area contributed by atoms with Crippen LogP contribution in [0.2, 0.25) is 0 Å². The van der Waals surface area contributed by atoms with Crippen LogP contribution < -0.4 is 10.5 Å². The van der Waals surface area contributed by atoms with Gasteiger partial charge in [0, 0.05) is 7.05 Å². The molecule has 0 aromatic heterocycles. The molecule has 0 radical (unpaired) electrons. The van der Waals surface area contributed by atoms with E-state index in [1.165, 1.54) is 14.0 Å². The van der Waals surface area contributed by atoms with Crippen LogP contribution in [0.1, 0.15) is 12.0 Å². The number of benzene rings is 1. The first-order valence-electron chi connectivity index (χ1n) is 6.02. The fraction of sp³-hybridized carbons (Fsp3) is 0.333. The fourth-order valence-electron chi connectivity index (χ4n) is 2.02. The van der Waals surface area contributed by atoms with E-state index in [2.05, 4.69) is 4.72 Å². The number of hydrogen-bond acceptors (Lipinski definition) is 5. The molecule has 0 saturated carbocycles. The summed E-state index contributed by atoms with van der Waals surface area (Å²) in [5, 5.41) is 0. The molecule has 9 heteroatoms. The number of amides is 2. The molecule has 0 bridgehead atoms. The van der Waals surface area contributed by atoms with Gasteiger partial charge in [-0.15, -0.1) is 0 Å². The van der Waals surface area contributed by atoms with Crippen molar-refractivity contribution in [1.82, 2.24) is 9.62 Å². The summed E-state index contributed by atoms with van der Waals surface area (Å²) in [5.74, 6) is -1.79. The first kappa shape index (κ1) is 15.4. The molecule has 0 aliphatic carbocycles. The molecule has 1 aliphatic rings. The molecule has 3 N–H and O–H groups in total. The van der Waals surface area contributed by atoms with Gasteiger partial charge in [0.15, 0.2) is 0 Å². The van der Waals surface area contributed by atoms with Crippen LogP contribution in [0.5, 0.6) is 0 Å². The minimum Gasteiger partial charge on any atom is -0.396 e. The number of nitrogens with two attached hydrogens (primary N) is 1. The van der Waals surface area contributed by atoms with Crippen molar-refractivity contribution in [3.8, 4) is 0 Å². The second-order valence-electron chi connectivity index (χ2n) is 4.81. The van der Waals surface area contributed by atoms with Gasteiger partial charge in [-0.2, -0.15) is 4.72 Å². The maximum atomic E-state index is 13.4. The first-order chi connectivity index (χ1) is 9.63. The third kappa shape index (κ3) is 2.74. The molecule has 1 unspecified atom stereocenters. The Labute approximate surface area is 121 Å². The summed E-state index contributed by atoms with van der Waals surface area (Å²) in [5.41, 5.74) is 5.17. The predicted octanol–water partition coefficient (Wildman–Crippen LogP) is -0.248. The zero-order chi connectivity index (χ0) is 15.9. The number of anilines is 1. The standard InChI is InChI=1S/C12H14FN3O4S/c1-6-3-7(4-8(14)11(6)13)21(19,20)15-9-5-10(17)16(2)12(9)18/h3-4,9,15H,5,14H2,1-2H3.